The highest BCUT2D eigenvalue weighted by molar-refractivity contribution is 5.83. The number of piperidine rings is 1. The lowest BCUT2D eigenvalue weighted by Gasteiger charge is -2.36. The highest BCUT2D eigenvalue weighted by Crippen LogP contribution is 2.31. The maximum absolute atomic E-state index is 12.5. The molecule has 2 atom stereocenters. The number of rotatable bonds is 5. The van der Waals surface area contributed by atoms with E-state index >= 15 is 0 Å². The Balaban J connectivity index is 1.86. The molecule has 0 aromatic heterocycles. The van der Waals surface area contributed by atoms with Gasteiger partial charge in [0.1, 0.15) is 0 Å². The van der Waals surface area contributed by atoms with Crippen LogP contribution in [0.25, 0.3) is 0 Å². The molecule has 19 heavy (non-hydrogen) atoms. The molecule has 2 amide bonds. The quantitative estimate of drug-likeness (QED) is 0.681. The molecule has 0 aliphatic carbocycles. The molecule has 0 bridgehead atoms. The average Bonchev–Trinajstić information content (AvgIpc) is 2.83. The van der Waals surface area contributed by atoms with Gasteiger partial charge in [0, 0.05) is 25.6 Å². The van der Waals surface area contributed by atoms with Gasteiger partial charge in [-0.3, -0.25) is 9.59 Å². The van der Waals surface area contributed by atoms with Crippen LogP contribution in [0.3, 0.4) is 0 Å². The Labute approximate surface area is 114 Å². The Hall–Kier alpha value is -1.10. The van der Waals surface area contributed by atoms with Crippen molar-refractivity contribution in [2.24, 2.45) is 5.41 Å². The van der Waals surface area contributed by atoms with E-state index in [1.165, 1.54) is 0 Å². The van der Waals surface area contributed by atoms with Gasteiger partial charge in [0.2, 0.25) is 11.8 Å². The summed E-state index contributed by atoms with van der Waals surface area (Å²) in [4.78, 5) is 23.6. The van der Waals surface area contributed by atoms with Crippen molar-refractivity contribution in [2.75, 3.05) is 19.6 Å². The van der Waals surface area contributed by atoms with Crippen molar-refractivity contribution in [2.45, 2.75) is 51.5 Å². The van der Waals surface area contributed by atoms with Gasteiger partial charge in [-0.2, -0.15) is 0 Å². The lowest BCUT2D eigenvalue weighted by atomic mass is 9.76. The van der Waals surface area contributed by atoms with Gasteiger partial charge in [0.25, 0.3) is 0 Å². The fraction of sp³-hybridized carbons (Fsp3) is 0.857. The number of carbonyl (C=O) groups excluding carboxylic acids is 2. The van der Waals surface area contributed by atoms with Crippen LogP contribution in [0.15, 0.2) is 0 Å². The maximum atomic E-state index is 12.5. The van der Waals surface area contributed by atoms with Gasteiger partial charge >= 0.3 is 0 Å². The fourth-order valence-corrected chi connectivity index (χ4v) is 3.20. The SMILES string of the molecule is CCCC1(C(=O)NCC2CCC(=O)N2)CCCNC1. The van der Waals surface area contributed by atoms with E-state index in [-0.39, 0.29) is 23.3 Å². The van der Waals surface area contributed by atoms with Crippen LogP contribution in [0.4, 0.5) is 0 Å². The van der Waals surface area contributed by atoms with Gasteiger partial charge in [0.15, 0.2) is 0 Å². The molecule has 2 unspecified atom stereocenters. The normalized spacial score (nSPS) is 31.0. The Kier molecular flexibility index (Phi) is 4.80. The molecule has 2 fully saturated rings. The predicted molar refractivity (Wildman–Crippen MR) is 73.6 cm³/mol. The van der Waals surface area contributed by atoms with E-state index in [0.29, 0.717) is 13.0 Å². The molecule has 2 heterocycles. The zero-order valence-electron chi connectivity index (χ0n) is 11.8. The van der Waals surface area contributed by atoms with Crippen LogP contribution in [0, 0.1) is 5.41 Å². The van der Waals surface area contributed by atoms with E-state index in [9.17, 15) is 9.59 Å². The molecule has 0 aromatic carbocycles. The number of amides is 2. The molecule has 5 nitrogen and oxygen atoms in total. The smallest absolute Gasteiger partial charge is 0.227 e. The van der Waals surface area contributed by atoms with E-state index in [0.717, 1.165) is 45.2 Å². The van der Waals surface area contributed by atoms with E-state index < -0.39 is 0 Å². The Morgan fingerprint density at radius 2 is 2.37 bits per heavy atom. The number of nitrogens with one attached hydrogen (secondary N) is 3. The summed E-state index contributed by atoms with van der Waals surface area (Å²) in [6.07, 6.45) is 5.41. The first-order valence-corrected chi connectivity index (χ1v) is 7.45. The van der Waals surface area contributed by atoms with Gasteiger partial charge in [-0.1, -0.05) is 13.3 Å². The first kappa shape index (κ1) is 14.3. The maximum Gasteiger partial charge on any atom is 0.227 e. The number of carbonyl (C=O) groups is 2. The predicted octanol–water partition coefficient (Wildman–Crippen LogP) is 0.551. The Morgan fingerprint density at radius 1 is 1.53 bits per heavy atom. The van der Waals surface area contributed by atoms with E-state index in [1.807, 2.05) is 0 Å². The standard InChI is InChI=1S/C14H25N3O2/c1-2-6-14(7-3-8-15-10-14)13(19)16-9-11-4-5-12(18)17-11/h11,15H,2-10H2,1H3,(H,16,19)(H,17,18). The second-order valence-electron chi connectivity index (χ2n) is 5.82. The van der Waals surface area contributed by atoms with E-state index in [4.69, 9.17) is 0 Å². The second kappa shape index (κ2) is 6.37. The van der Waals surface area contributed by atoms with E-state index in [2.05, 4.69) is 22.9 Å². The number of hydrogen-bond donors (Lipinski definition) is 3. The molecule has 0 radical (unpaired) electrons. The van der Waals surface area contributed by atoms with Gasteiger partial charge in [-0.05, 0) is 32.2 Å². The third kappa shape index (κ3) is 3.47. The van der Waals surface area contributed by atoms with Crippen LogP contribution in [0.5, 0.6) is 0 Å². The Bertz CT molecular complexity index is 332. The summed E-state index contributed by atoms with van der Waals surface area (Å²) in [7, 11) is 0. The minimum absolute atomic E-state index is 0.0989. The van der Waals surface area contributed by atoms with Crippen molar-refractivity contribution in [1.82, 2.24) is 16.0 Å². The summed E-state index contributed by atoms with van der Waals surface area (Å²) >= 11 is 0. The third-order valence-electron chi connectivity index (χ3n) is 4.28. The summed E-state index contributed by atoms with van der Waals surface area (Å²) in [5, 5.41) is 9.28. The molecule has 108 valence electrons. The van der Waals surface area contributed by atoms with Crippen LogP contribution in [0.2, 0.25) is 0 Å². The molecule has 5 heteroatoms. The largest absolute Gasteiger partial charge is 0.354 e. The fourth-order valence-electron chi connectivity index (χ4n) is 3.20. The second-order valence-corrected chi connectivity index (χ2v) is 5.82. The molecule has 0 spiro atoms. The van der Waals surface area contributed by atoms with Crippen molar-refractivity contribution in [3.05, 3.63) is 0 Å². The lowest BCUT2D eigenvalue weighted by molar-refractivity contribution is -0.132. The molecule has 2 aliphatic rings. The molecular formula is C14H25N3O2. The van der Waals surface area contributed by atoms with Crippen molar-refractivity contribution < 1.29 is 9.59 Å². The number of hydrogen-bond acceptors (Lipinski definition) is 3. The van der Waals surface area contributed by atoms with Crippen LogP contribution >= 0.6 is 0 Å². The molecule has 2 rings (SSSR count). The topological polar surface area (TPSA) is 70.2 Å². The van der Waals surface area contributed by atoms with Crippen molar-refractivity contribution in [3.63, 3.8) is 0 Å². The van der Waals surface area contributed by atoms with Gasteiger partial charge < -0.3 is 16.0 Å². The minimum Gasteiger partial charge on any atom is -0.354 e. The monoisotopic (exact) mass is 267 g/mol. The van der Waals surface area contributed by atoms with E-state index in [1.54, 1.807) is 0 Å². The first-order valence-electron chi connectivity index (χ1n) is 7.45. The zero-order valence-corrected chi connectivity index (χ0v) is 11.8. The Morgan fingerprint density at radius 3 is 2.95 bits per heavy atom. The average molecular weight is 267 g/mol. The van der Waals surface area contributed by atoms with Gasteiger partial charge in [-0.25, -0.2) is 0 Å². The highest BCUT2D eigenvalue weighted by atomic mass is 16.2. The third-order valence-corrected chi connectivity index (χ3v) is 4.28. The zero-order chi connectivity index (χ0) is 13.7. The summed E-state index contributed by atoms with van der Waals surface area (Å²) in [6.45, 7) is 4.48. The summed E-state index contributed by atoms with van der Waals surface area (Å²) in [5.41, 5.74) is -0.240. The highest BCUT2D eigenvalue weighted by Gasteiger charge is 2.38. The minimum atomic E-state index is -0.240. The van der Waals surface area contributed by atoms with Crippen LogP contribution in [0.1, 0.15) is 45.4 Å². The van der Waals surface area contributed by atoms with Gasteiger partial charge in [0.05, 0.1) is 5.41 Å². The van der Waals surface area contributed by atoms with Gasteiger partial charge in [-0.15, -0.1) is 0 Å². The first-order chi connectivity index (χ1) is 9.16. The van der Waals surface area contributed by atoms with Crippen molar-refractivity contribution in [3.8, 4) is 0 Å². The van der Waals surface area contributed by atoms with Crippen LogP contribution in [-0.2, 0) is 9.59 Å². The molecule has 2 aliphatic heterocycles. The van der Waals surface area contributed by atoms with Crippen molar-refractivity contribution >= 4 is 11.8 Å². The summed E-state index contributed by atoms with van der Waals surface area (Å²) < 4.78 is 0. The molecule has 0 aromatic rings. The molecular weight excluding hydrogens is 242 g/mol. The summed E-state index contributed by atoms with van der Waals surface area (Å²) in [6, 6.07) is 0.117. The molecule has 3 N–H and O–H groups in total. The van der Waals surface area contributed by atoms with Crippen LogP contribution < -0.4 is 16.0 Å². The van der Waals surface area contributed by atoms with Crippen molar-refractivity contribution in [1.29, 1.82) is 0 Å². The summed E-state index contributed by atoms with van der Waals surface area (Å²) in [5.74, 6) is 0.254. The van der Waals surface area contributed by atoms with Crippen LogP contribution in [-0.4, -0.2) is 37.5 Å². The lowest BCUT2D eigenvalue weighted by Crippen LogP contribution is -2.52. The molecule has 0 saturated carbocycles. The molecule has 2 saturated heterocycles.